The molecular formula is C16H24N2O4. The number of benzene rings is 1. The number of amides is 2. The lowest BCUT2D eigenvalue weighted by Gasteiger charge is -2.14. The second-order valence-corrected chi connectivity index (χ2v) is 4.76. The Kier molecular flexibility index (Phi) is 7.22. The van der Waals surface area contributed by atoms with E-state index in [9.17, 15) is 9.59 Å². The molecule has 0 bridgehead atoms. The van der Waals surface area contributed by atoms with Gasteiger partial charge >= 0.3 is 11.8 Å². The Labute approximate surface area is 131 Å². The summed E-state index contributed by atoms with van der Waals surface area (Å²) in [6.45, 7) is 8.51. The van der Waals surface area contributed by atoms with Crippen molar-refractivity contribution >= 4 is 17.5 Å². The third kappa shape index (κ3) is 5.27. The van der Waals surface area contributed by atoms with Crippen LogP contribution in [-0.4, -0.2) is 31.1 Å². The van der Waals surface area contributed by atoms with Gasteiger partial charge in [0, 0.05) is 17.8 Å². The lowest BCUT2D eigenvalue weighted by atomic mass is 10.2. The van der Waals surface area contributed by atoms with Crippen LogP contribution in [-0.2, 0) is 9.59 Å². The lowest BCUT2D eigenvalue weighted by Crippen LogP contribution is -2.40. The minimum Gasteiger partial charge on any atom is -0.490 e. The summed E-state index contributed by atoms with van der Waals surface area (Å²) in [5.74, 6) is -0.219. The normalized spacial score (nSPS) is 11.5. The number of nitrogens with one attached hydrogen (secondary N) is 2. The monoisotopic (exact) mass is 308 g/mol. The maximum absolute atomic E-state index is 11.8. The quantitative estimate of drug-likeness (QED) is 0.758. The van der Waals surface area contributed by atoms with E-state index in [-0.39, 0.29) is 6.04 Å². The lowest BCUT2D eigenvalue weighted by molar-refractivity contribution is -0.136. The second kappa shape index (κ2) is 8.92. The highest BCUT2D eigenvalue weighted by molar-refractivity contribution is 6.39. The predicted octanol–water partition coefficient (Wildman–Crippen LogP) is 2.34. The molecule has 1 rings (SSSR count). The highest BCUT2D eigenvalue weighted by Crippen LogP contribution is 2.30. The minimum absolute atomic E-state index is 0.0439. The van der Waals surface area contributed by atoms with E-state index in [2.05, 4.69) is 10.6 Å². The van der Waals surface area contributed by atoms with Gasteiger partial charge in [-0.25, -0.2) is 0 Å². The Morgan fingerprint density at radius 1 is 1.05 bits per heavy atom. The zero-order chi connectivity index (χ0) is 16.5. The Bertz CT molecular complexity index is 517. The molecular weight excluding hydrogens is 284 g/mol. The Morgan fingerprint density at radius 2 is 1.68 bits per heavy atom. The highest BCUT2D eigenvalue weighted by atomic mass is 16.5. The van der Waals surface area contributed by atoms with Crippen LogP contribution in [0, 0.1) is 0 Å². The van der Waals surface area contributed by atoms with Crippen LogP contribution in [0.4, 0.5) is 5.69 Å². The van der Waals surface area contributed by atoms with Gasteiger partial charge in [-0.15, -0.1) is 0 Å². The summed E-state index contributed by atoms with van der Waals surface area (Å²) >= 11 is 0. The van der Waals surface area contributed by atoms with Crippen molar-refractivity contribution in [1.82, 2.24) is 5.32 Å². The molecule has 6 nitrogen and oxygen atoms in total. The molecule has 0 fully saturated rings. The molecule has 2 amide bonds. The minimum atomic E-state index is -0.702. The smallest absolute Gasteiger partial charge is 0.313 e. The second-order valence-electron chi connectivity index (χ2n) is 4.76. The van der Waals surface area contributed by atoms with E-state index in [0.717, 1.165) is 6.42 Å². The molecule has 1 aromatic rings. The van der Waals surface area contributed by atoms with E-state index in [4.69, 9.17) is 9.47 Å². The number of hydrogen-bond donors (Lipinski definition) is 2. The molecule has 1 aromatic carbocycles. The number of ether oxygens (including phenoxy) is 2. The van der Waals surface area contributed by atoms with Crippen molar-refractivity contribution in [3.63, 3.8) is 0 Å². The number of carbonyl (C=O) groups excluding carboxylic acids is 2. The first-order valence-corrected chi connectivity index (χ1v) is 7.53. The summed E-state index contributed by atoms with van der Waals surface area (Å²) in [5.41, 5.74) is 0.483. The van der Waals surface area contributed by atoms with E-state index in [1.165, 1.54) is 0 Å². The molecule has 6 heteroatoms. The standard InChI is InChI=1S/C16H24N2O4/c1-5-11(4)17-15(19)16(20)18-12-8-9-13(21-6-2)14(10-12)22-7-3/h8-11H,5-7H2,1-4H3,(H,17,19)(H,18,20). The molecule has 0 aliphatic carbocycles. The van der Waals surface area contributed by atoms with Gasteiger partial charge in [0.1, 0.15) is 0 Å². The Morgan fingerprint density at radius 3 is 2.27 bits per heavy atom. The summed E-state index contributed by atoms with van der Waals surface area (Å²) in [6.07, 6.45) is 0.760. The van der Waals surface area contributed by atoms with E-state index in [1.54, 1.807) is 18.2 Å². The molecule has 2 N–H and O–H groups in total. The number of anilines is 1. The van der Waals surface area contributed by atoms with Gasteiger partial charge in [0.25, 0.3) is 0 Å². The van der Waals surface area contributed by atoms with Crippen LogP contribution in [0.5, 0.6) is 11.5 Å². The first kappa shape index (κ1) is 17.8. The average Bonchev–Trinajstić information content (AvgIpc) is 2.50. The van der Waals surface area contributed by atoms with Gasteiger partial charge in [-0.3, -0.25) is 9.59 Å². The summed E-state index contributed by atoms with van der Waals surface area (Å²) in [4.78, 5) is 23.6. The van der Waals surface area contributed by atoms with Crippen molar-refractivity contribution in [3.8, 4) is 11.5 Å². The predicted molar refractivity (Wildman–Crippen MR) is 85.3 cm³/mol. The molecule has 0 aromatic heterocycles. The van der Waals surface area contributed by atoms with E-state index in [0.29, 0.717) is 30.4 Å². The molecule has 0 radical (unpaired) electrons. The summed E-state index contributed by atoms with van der Waals surface area (Å²) in [6, 6.07) is 4.97. The van der Waals surface area contributed by atoms with Crippen molar-refractivity contribution in [2.45, 2.75) is 40.2 Å². The summed E-state index contributed by atoms with van der Waals surface area (Å²) in [5, 5.41) is 5.17. The fourth-order valence-corrected chi connectivity index (χ4v) is 1.71. The molecule has 0 saturated carbocycles. The van der Waals surface area contributed by atoms with E-state index >= 15 is 0 Å². The van der Waals surface area contributed by atoms with Crippen molar-refractivity contribution in [3.05, 3.63) is 18.2 Å². The molecule has 1 atom stereocenters. The maximum Gasteiger partial charge on any atom is 0.313 e. The first-order valence-electron chi connectivity index (χ1n) is 7.53. The summed E-state index contributed by atoms with van der Waals surface area (Å²) < 4.78 is 10.9. The van der Waals surface area contributed by atoms with Crippen molar-refractivity contribution in [2.24, 2.45) is 0 Å². The SMILES string of the molecule is CCOc1ccc(NC(=O)C(=O)NC(C)CC)cc1OCC. The third-order valence-corrected chi connectivity index (χ3v) is 3.00. The van der Waals surface area contributed by atoms with E-state index in [1.807, 2.05) is 27.7 Å². The van der Waals surface area contributed by atoms with Gasteiger partial charge in [-0.05, 0) is 39.3 Å². The molecule has 0 aliphatic rings. The van der Waals surface area contributed by atoms with Crippen LogP contribution in [0.3, 0.4) is 0 Å². The highest BCUT2D eigenvalue weighted by Gasteiger charge is 2.16. The van der Waals surface area contributed by atoms with Gasteiger partial charge in [-0.1, -0.05) is 6.92 Å². The van der Waals surface area contributed by atoms with Gasteiger partial charge in [0.15, 0.2) is 11.5 Å². The van der Waals surface area contributed by atoms with Crippen LogP contribution >= 0.6 is 0 Å². The average molecular weight is 308 g/mol. The zero-order valence-electron chi connectivity index (χ0n) is 13.6. The van der Waals surface area contributed by atoms with Crippen LogP contribution in [0.15, 0.2) is 18.2 Å². The molecule has 0 spiro atoms. The maximum atomic E-state index is 11.8. The van der Waals surface area contributed by atoms with Crippen molar-refractivity contribution in [2.75, 3.05) is 18.5 Å². The van der Waals surface area contributed by atoms with Crippen LogP contribution in [0.2, 0.25) is 0 Å². The molecule has 0 heterocycles. The van der Waals surface area contributed by atoms with Gasteiger partial charge in [0.05, 0.1) is 13.2 Å². The van der Waals surface area contributed by atoms with Crippen LogP contribution in [0.1, 0.15) is 34.1 Å². The van der Waals surface area contributed by atoms with Gasteiger partial charge in [0.2, 0.25) is 0 Å². The summed E-state index contributed by atoms with van der Waals surface area (Å²) in [7, 11) is 0. The number of rotatable bonds is 7. The van der Waals surface area contributed by atoms with Crippen molar-refractivity contribution < 1.29 is 19.1 Å². The van der Waals surface area contributed by atoms with Crippen LogP contribution in [0.25, 0.3) is 0 Å². The largest absolute Gasteiger partial charge is 0.490 e. The van der Waals surface area contributed by atoms with Crippen LogP contribution < -0.4 is 20.1 Å². The third-order valence-electron chi connectivity index (χ3n) is 3.00. The fourth-order valence-electron chi connectivity index (χ4n) is 1.71. The molecule has 0 saturated heterocycles. The molecule has 1 unspecified atom stereocenters. The fraction of sp³-hybridized carbons (Fsp3) is 0.500. The molecule has 22 heavy (non-hydrogen) atoms. The Hall–Kier alpha value is -2.24. The molecule has 122 valence electrons. The Balaban J connectivity index is 2.78. The van der Waals surface area contributed by atoms with Crippen molar-refractivity contribution in [1.29, 1.82) is 0 Å². The topological polar surface area (TPSA) is 76.7 Å². The van der Waals surface area contributed by atoms with Gasteiger partial charge in [-0.2, -0.15) is 0 Å². The van der Waals surface area contributed by atoms with E-state index < -0.39 is 11.8 Å². The number of carbonyl (C=O) groups is 2. The molecule has 0 aliphatic heterocycles. The van der Waals surface area contributed by atoms with Gasteiger partial charge < -0.3 is 20.1 Å². The number of hydrogen-bond acceptors (Lipinski definition) is 4. The first-order chi connectivity index (χ1) is 10.5. The zero-order valence-corrected chi connectivity index (χ0v) is 13.6.